The van der Waals surface area contributed by atoms with Crippen molar-refractivity contribution in [3.05, 3.63) is 48.5 Å². The fourth-order valence-corrected chi connectivity index (χ4v) is 2.95. The maximum atomic E-state index is 12.3. The molecule has 29 heavy (non-hydrogen) atoms. The van der Waals surface area contributed by atoms with E-state index in [-0.39, 0.29) is 5.95 Å². The molecule has 0 aromatic carbocycles. The maximum Gasteiger partial charge on any atom is 0.326 e. The predicted molar refractivity (Wildman–Crippen MR) is 110 cm³/mol. The van der Waals surface area contributed by atoms with Gasteiger partial charge in [0.1, 0.15) is 17.3 Å². The van der Waals surface area contributed by atoms with Crippen molar-refractivity contribution in [3.63, 3.8) is 0 Å². The van der Waals surface area contributed by atoms with Gasteiger partial charge in [0, 0.05) is 32.4 Å². The standard InChI is InChI=1S/C19H21N9O/c1-13-23-17(15-4-2-3-7-21-15)26-18(24-13)27-19(29)25-14-5-6-16(22-12-14)28-10-8-20-9-11-28/h2-7,12,20H,8-11H2,1H3,(H2,23,24,25,26,27,29). The number of piperazine rings is 1. The lowest BCUT2D eigenvalue weighted by molar-refractivity contribution is 0.262. The van der Waals surface area contributed by atoms with E-state index in [1.807, 2.05) is 24.3 Å². The molecule has 3 aromatic rings. The summed E-state index contributed by atoms with van der Waals surface area (Å²) in [5, 5.41) is 8.68. The van der Waals surface area contributed by atoms with E-state index in [1.54, 1.807) is 25.4 Å². The lowest BCUT2D eigenvalue weighted by Crippen LogP contribution is -2.43. The highest BCUT2D eigenvalue weighted by Crippen LogP contribution is 2.16. The lowest BCUT2D eigenvalue weighted by Gasteiger charge is -2.28. The van der Waals surface area contributed by atoms with Gasteiger partial charge in [0.15, 0.2) is 5.82 Å². The summed E-state index contributed by atoms with van der Waals surface area (Å²) in [7, 11) is 0. The highest BCUT2D eigenvalue weighted by Gasteiger charge is 2.13. The van der Waals surface area contributed by atoms with Crippen LogP contribution in [0.25, 0.3) is 11.5 Å². The molecule has 3 N–H and O–H groups in total. The third-order valence-electron chi connectivity index (χ3n) is 4.31. The smallest absolute Gasteiger partial charge is 0.326 e. The van der Waals surface area contributed by atoms with E-state index in [2.05, 4.69) is 45.8 Å². The van der Waals surface area contributed by atoms with E-state index in [0.29, 0.717) is 23.0 Å². The molecule has 3 aromatic heterocycles. The molecule has 4 heterocycles. The first-order chi connectivity index (χ1) is 14.2. The van der Waals surface area contributed by atoms with Crippen LogP contribution in [0, 0.1) is 6.92 Å². The molecule has 148 valence electrons. The number of carbonyl (C=O) groups excluding carboxylic acids is 1. The van der Waals surface area contributed by atoms with Gasteiger partial charge in [-0.25, -0.2) is 14.8 Å². The minimum atomic E-state index is -0.459. The van der Waals surface area contributed by atoms with Gasteiger partial charge < -0.3 is 15.5 Å². The zero-order chi connectivity index (χ0) is 20.1. The fraction of sp³-hybridized carbons (Fsp3) is 0.263. The average Bonchev–Trinajstić information content (AvgIpc) is 2.75. The predicted octanol–water partition coefficient (Wildman–Crippen LogP) is 1.69. The molecular formula is C19H21N9O. The summed E-state index contributed by atoms with van der Waals surface area (Å²) < 4.78 is 0. The molecule has 0 aliphatic carbocycles. The second-order valence-electron chi connectivity index (χ2n) is 6.47. The van der Waals surface area contributed by atoms with Crippen LogP contribution in [-0.4, -0.2) is 57.1 Å². The van der Waals surface area contributed by atoms with Gasteiger partial charge in [0.25, 0.3) is 0 Å². The molecule has 10 nitrogen and oxygen atoms in total. The van der Waals surface area contributed by atoms with E-state index in [1.165, 1.54) is 0 Å². The summed E-state index contributed by atoms with van der Waals surface area (Å²) in [6.45, 7) is 5.44. The number of anilines is 3. The number of nitrogens with zero attached hydrogens (tertiary/aromatic N) is 6. The molecule has 0 radical (unpaired) electrons. The van der Waals surface area contributed by atoms with Crippen LogP contribution in [0.1, 0.15) is 5.82 Å². The van der Waals surface area contributed by atoms with E-state index in [0.717, 1.165) is 32.0 Å². The lowest BCUT2D eigenvalue weighted by atomic mass is 10.3. The Morgan fingerprint density at radius 1 is 1.03 bits per heavy atom. The second-order valence-corrected chi connectivity index (χ2v) is 6.47. The molecule has 4 rings (SSSR count). The normalized spacial score (nSPS) is 13.8. The number of aromatic nitrogens is 5. The third kappa shape index (κ3) is 4.79. The molecule has 0 saturated carbocycles. The number of pyridine rings is 2. The Morgan fingerprint density at radius 3 is 2.62 bits per heavy atom. The first kappa shape index (κ1) is 18.7. The Kier molecular flexibility index (Phi) is 5.52. The minimum Gasteiger partial charge on any atom is -0.354 e. The van der Waals surface area contributed by atoms with E-state index >= 15 is 0 Å². The monoisotopic (exact) mass is 391 g/mol. The van der Waals surface area contributed by atoms with Crippen molar-refractivity contribution in [3.8, 4) is 11.5 Å². The summed E-state index contributed by atoms with van der Waals surface area (Å²) in [6.07, 6.45) is 3.29. The molecule has 1 saturated heterocycles. The number of aryl methyl sites for hydroxylation is 1. The van der Waals surface area contributed by atoms with Gasteiger partial charge >= 0.3 is 6.03 Å². The molecular weight excluding hydrogens is 370 g/mol. The van der Waals surface area contributed by atoms with Gasteiger partial charge in [-0.1, -0.05) is 6.07 Å². The van der Waals surface area contributed by atoms with Gasteiger partial charge in [0.2, 0.25) is 5.95 Å². The van der Waals surface area contributed by atoms with Crippen molar-refractivity contribution in [2.75, 3.05) is 41.7 Å². The first-order valence-electron chi connectivity index (χ1n) is 9.31. The van der Waals surface area contributed by atoms with Crippen LogP contribution in [0.2, 0.25) is 0 Å². The topological polar surface area (TPSA) is 121 Å². The van der Waals surface area contributed by atoms with Crippen molar-refractivity contribution in [2.45, 2.75) is 6.92 Å². The summed E-state index contributed by atoms with van der Waals surface area (Å²) in [6, 6.07) is 8.71. The number of amides is 2. The van der Waals surface area contributed by atoms with Gasteiger partial charge in [-0.15, -0.1) is 0 Å². The quantitative estimate of drug-likeness (QED) is 0.614. The zero-order valence-electron chi connectivity index (χ0n) is 16.0. The van der Waals surface area contributed by atoms with E-state index < -0.39 is 6.03 Å². The van der Waals surface area contributed by atoms with Crippen molar-refractivity contribution < 1.29 is 4.79 Å². The molecule has 1 fully saturated rings. The fourth-order valence-electron chi connectivity index (χ4n) is 2.95. The van der Waals surface area contributed by atoms with Crippen molar-refractivity contribution in [1.29, 1.82) is 0 Å². The number of nitrogens with one attached hydrogen (secondary N) is 3. The first-order valence-corrected chi connectivity index (χ1v) is 9.31. The Labute approximate surface area is 167 Å². The molecule has 1 aliphatic heterocycles. The Bertz CT molecular complexity index is 973. The van der Waals surface area contributed by atoms with E-state index in [4.69, 9.17) is 0 Å². The zero-order valence-corrected chi connectivity index (χ0v) is 16.0. The molecule has 1 aliphatic rings. The number of hydrogen-bond acceptors (Lipinski definition) is 8. The van der Waals surface area contributed by atoms with Crippen molar-refractivity contribution in [2.24, 2.45) is 0 Å². The van der Waals surface area contributed by atoms with Crippen LogP contribution in [0.4, 0.5) is 22.2 Å². The highest BCUT2D eigenvalue weighted by atomic mass is 16.2. The molecule has 0 bridgehead atoms. The summed E-state index contributed by atoms with van der Waals surface area (Å²) in [5.74, 6) is 1.93. The third-order valence-corrected chi connectivity index (χ3v) is 4.31. The number of rotatable bonds is 4. The van der Waals surface area contributed by atoms with Crippen LogP contribution in [0.5, 0.6) is 0 Å². The van der Waals surface area contributed by atoms with Gasteiger partial charge in [-0.05, 0) is 31.2 Å². The van der Waals surface area contributed by atoms with Gasteiger partial charge in [0.05, 0.1) is 11.9 Å². The Balaban J connectivity index is 1.41. The number of carbonyl (C=O) groups is 1. The number of urea groups is 1. The molecule has 2 amide bonds. The van der Waals surface area contributed by atoms with Crippen molar-refractivity contribution >= 4 is 23.5 Å². The maximum absolute atomic E-state index is 12.3. The van der Waals surface area contributed by atoms with Crippen LogP contribution in [0.15, 0.2) is 42.7 Å². The summed E-state index contributed by atoms with van der Waals surface area (Å²) in [4.78, 5) is 35.9. The largest absolute Gasteiger partial charge is 0.354 e. The molecule has 0 spiro atoms. The Morgan fingerprint density at radius 2 is 1.90 bits per heavy atom. The second kappa shape index (κ2) is 8.57. The van der Waals surface area contributed by atoms with Crippen LogP contribution in [0.3, 0.4) is 0 Å². The SMILES string of the molecule is Cc1nc(NC(=O)Nc2ccc(N3CCNCC3)nc2)nc(-c2ccccn2)n1. The van der Waals surface area contributed by atoms with E-state index in [9.17, 15) is 4.79 Å². The van der Waals surface area contributed by atoms with Gasteiger partial charge in [-0.2, -0.15) is 9.97 Å². The average molecular weight is 391 g/mol. The minimum absolute atomic E-state index is 0.154. The summed E-state index contributed by atoms with van der Waals surface area (Å²) in [5.41, 5.74) is 1.19. The van der Waals surface area contributed by atoms with Crippen LogP contribution >= 0.6 is 0 Å². The summed E-state index contributed by atoms with van der Waals surface area (Å²) >= 11 is 0. The number of hydrogen-bond donors (Lipinski definition) is 3. The van der Waals surface area contributed by atoms with Crippen molar-refractivity contribution in [1.82, 2.24) is 30.2 Å². The Hall–Kier alpha value is -3.66. The van der Waals surface area contributed by atoms with Crippen LogP contribution < -0.4 is 20.9 Å². The van der Waals surface area contributed by atoms with Gasteiger partial charge in [-0.3, -0.25) is 10.3 Å². The molecule has 0 unspecified atom stereocenters. The molecule has 10 heteroatoms. The molecule has 0 atom stereocenters. The highest BCUT2D eigenvalue weighted by molar-refractivity contribution is 5.98. The van der Waals surface area contributed by atoms with Crippen LogP contribution in [-0.2, 0) is 0 Å².